The van der Waals surface area contributed by atoms with E-state index in [4.69, 9.17) is 14.9 Å². The van der Waals surface area contributed by atoms with E-state index in [-0.39, 0.29) is 18.9 Å². The standard InChI is InChI=1S/C10H18O5/c1-7(11)3-6-10(14)15-8(2)4-5-9(12)13/h7-8,11H,3-6H2,1-2H3,(H,12,13). The van der Waals surface area contributed by atoms with Crippen LogP contribution >= 0.6 is 0 Å². The summed E-state index contributed by atoms with van der Waals surface area (Å²) in [5.74, 6) is -1.30. The van der Waals surface area contributed by atoms with E-state index < -0.39 is 18.0 Å². The minimum Gasteiger partial charge on any atom is -0.481 e. The summed E-state index contributed by atoms with van der Waals surface area (Å²) in [7, 11) is 0. The highest BCUT2D eigenvalue weighted by Crippen LogP contribution is 2.05. The van der Waals surface area contributed by atoms with Gasteiger partial charge in [0, 0.05) is 12.8 Å². The number of hydrogen-bond acceptors (Lipinski definition) is 4. The Labute approximate surface area is 89.0 Å². The van der Waals surface area contributed by atoms with Gasteiger partial charge in [-0.2, -0.15) is 0 Å². The third-order valence-electron chi connectivity index (χ3n) is 1.86. The molecule has 88 valence electrons. The van der Waals surface area contributed by atoms with Crippen LogP contribution in [0.25, 0.3) is 0 Å². The second kappa shape index (κ2) is 7.23. The van der Waals surface area contributed by atoms with Crippen molar-refractivity contribution in [3.8, 4) is 0 Å². The van der Waals surface area contributed by atoms with Gasteiger partial charge in [0.2, 0.25) is 0 Å². The maximum atomic E-state index is 11.1. The molecule has 2 N–H and O–H groups in total. The molecular formula is C10H18O5. The van der Waals surface area contributed by atoms with Gasteiger partial charge < -0.3 is 14.9 Å². The summed E-state index contributed by atoms with van der Waals surface area (Å²) in [6.45, 7) is 3.25. The maximum Gasteiger partial charge on any atom is 0.306 e. The Bertz CT molecular complexity index is 212. The molecule has 0 bridgehead atoms. The van der Waals surface area contributed by atoms with Crippen molar-refractivity contribution in [3.05, 3.63) is 0 Å². The number of hydrogen-bond donors (Lipinski definition) is 2. The highest BCUT2D eigenvalue weighted by atomic mass is 16.5. The van der Waals surface area contributed by atoms with Crippen molar-refractivity contribution < 1.29 is 24.5 Å². The molecule has 0 saturated carbocycles. The molecule has 0 aliphatic rings. The third-order valence-corrected chi connectivity index (χ3v) is 1.86. The van der Waals surface area contributed by atoms with Crippen molar-refractivity contribution >= 4 is 11.9 Å². The van der Waals surface area contributed by atoms with E-state index in [9.17, 15) is 9.59 Å². The molecule has 2 unspecified atom stereocenters. The Morgan fingerprint density at radius 3 is 2.27 bits per heavy atom. The molecule has 0 aromatic carbocycles. The molecule has 0 aliphatic carbocycles. The van der Waals surface area contributed by atoms with Gasteiger partial charge >= 0.3 is 11.9 Å². The summed E-state index contributed by atoms with van der Waals surface area (Å²) in [6, 6.07) is 0. The molecule has 5 heteroatoms. The van der Waals surface area contributed by atoms with Crippen LogP contribution in [0.3, 0.4) is 0 Å². The van der Waals surface area contributed by atoms with Gasteiger partial charge in [0.15, 0.2) is 0 Å². The SMILES string of the molecule is CC(O)CCC(=O)OC(C)CCC(=O)O. The van der Waals surface area contributed by atoms with E-state index in [1.807, 2.05) is 0 Å². The number of ether oxygens (including phenoxy) is 1. The summed E-state index contributed by atoms with van der Waals surface area (Å²) >= 11 is 0. The number of aliphatic hydroxyl groups excluding tert-OH is 1. The Hall–Kier alpha value is -1.10. The molecule has 0 aromatic heterocycles. The van der Waals surface area contributed by atoms with Crippen molar-refractivity contribution in [2.75, 3.05) is 0 Å². The van der Waals surface area contributed by atoms with Crippen LogP contribution in [0.4, 0.5) is 0 Å². The Morgan fingerprint density at radius 2 is 1.80 bits per heavy atom. The molecule has 0 fully saturated rings. The molecule has 0 saturated heterocycles. The maximum absolute atomic E-state index is 11.1. The van der Waals surface area contributed by atoms with E-state index in [2.05, 4.69) is 0 Å². The number of aliphatic hydroxyl groups is 1. The molecule has 0 spiro atoms. The summed E-state index contributed by atoms with van der Waals surface area (Å²) < 4.78 is 4.94. The van der Waals surface area contributed by atoms with E-state index in [1.54, 1.807) is 13.8 Å². The number of aliphatic carboxylic acids is 1. The fraction of sp³-hybridized carbons (Fsp3) is 0.800. The second-order valence-corrected chi connectivity index (χ2v) is 3.62. The van der Waals surface area contributed by atoms with E-state index in [0.29, 0.717) is 12.8 Å². The average molecular weight is 218 g/mol. The molecule has 0 aliphatic heterocycles. The van der Waals surface area contributed by atoms with Crippen LogP contribution in [-0.4, -0.2) is 34.4 Å². The highest BCUT2D eigenvalue weighted by Gasteiger charge is 2.11. The first-order valence-electron chi connectivity index (χ1n) is 5.01. The summed E-state index contributed by atoms with van der Waals surface area (Å²) in [6.07, 6.45) is -0.0744. The van der Waals surface area contributed by atoms with E-state index in [0.717, 1.165) is 0 Å². The first-order chi connectivity index (χ1) is 6.91. The average Bonchev–Trinajstić information content (AvgIpc) is 2.11. The molecule has 15 heavy (non-hydrogen) atoms. The molecule has 5 nitrogen and oxygen atoms in total. The minimum atomic E-state index is -0.901. The lowest BCUT2D eigenvalue weighted by Crippen LogP contribution is -2.17. The second-order valence-electron chi connectivity index (χ2n) is 3.62. The Balaban J connectivity index is 3.62. The molecule has 0 heterocycles. The quantitative estimate of drug-likeness (QED) is 0.621. The molecular weight excluding hydrogens is 200 g/mol. The van der Waals surface area contributed by atoms with E-state index in [1.165, 1.54) is 0 Å². The lowest BCUT2D eigenvalue weighted by Gasteiger charge is -2.12. The fourth-order valence-corrected chi connectivity index (χ4v) is 0.996. The zero-order chi connectivity index (χ0) is 11.8. The van der Waals surface area contributed by atoms with Gasteiger partial charge in [-0.25, -0.2) is 0 Å². The van der Waals surface area contributed by atoms with Crippen LogP contribution in [0.2, 0.25) is 0 Å². The lowest BCUT2D eigenvalue weighted by atomic mass is 10.2. The van der Waals surface area contributed by atoms with Crippen molar-refractivity contribution in [1.29, 1.82) is 0 Å². The molecule has 0 radical (unpaired) electrons. The highest BCUT2D eigenvalue weighted by molar-refractivity contribution is 5.69. The van der Waals surface area contributed by atoms with Crippen molar-refractivity contribution in [2.24, 2.45) is 0 Å². The van der Waals surface area contributed by atoms with Crippen LogP contribution in [0.5, 0.6) is 0 Å². The first kappa shape index (κ1) is 13.9. The predicted molar refractivity (Wildman–Crippen MR) is 53.3 cm³/mol. The van der Waals surface area contributed by atoms with Crippen LogP contribution in [0, 0.1) is 0 Å². The lowest BCUT2D eigenvalue weighted by molar-refractivity contribution is -0.150. The zero-order valence-corrected chi connectivity index (χ0v) is 9.10. The molecule has 0 aromatic rings. The number of carbonyl (C=O) groups excluding carboxylic acids is 1. The summed E-state index contributed by atoms with van der Waals surface area (Å²) in [5, 5.41) is 17.3. The van der Waals surface area contributed by atoms with Gasteiger partial charge in [0.05, 0.1) is 12.2 Å². The van der Waals surface area contributed by atoms with Gasteiger partial charge in [0.25, 0.3) is 0 Å². The fourth-order valence-electron chi connectivity index (χ4n) is 0.996. The van der Waals surface area contributed by atoms with Gasteiger partial charge in [0.1, 0.15) is 0 Å². The van der Waals surface area contributed by atoms with Crippen molar-refractivity contribution in [2.45, 2.75) is 51.7 Å². The zero-order valence-electron chi connectivity index (χ0n) is 9.10. The Kier molecular flexibility index (Phi) is 6.70. The van der Waals surface area contributed by atoms with Crippen LogP contribution < -0.4 is 0 Å². The van der Waals surface area contributed by atoms with Crippen LogP contribution in [0.15, 0.2) is 0 Å². The topological polar surface area (TPSA) is 83.8 Å². The molecule has 0 amide bonds. The number of carboxylic acid groups (broad SMARTS) is 1. The molecule has 0 rings (SSSR count). The monoisotopic (exact) mass is 218 g/mol. The van der Waals surface area contributed by atoms with Crippen molar-refractivity contribution in [3.63, 3.8) is 0 Å². The van der Waals surface area contributed by atoms with Gasteiger partial charge in [-0.05, 0) is 26.7 Å². The molecule has 2 atom stereocenters. The number of esters is 1. The Morgan fingerprint density at radius 1 is 1.20 bits per heavy atom. The minimum absolute atomic E-state index is 0.00908. The normalized spacial score (nSPS) is 14.3. The van der Waals surface area contributed by atoms with E-state index >= 15 is 0 Å². The third kappa shape index (κ3) is 9.21. The first-order valence-corrected chi connectivity index (χ1v) is 5.01. The van der Waals surface area contributed by atoms with Crippen LogP contribution in [0.1, 0.15) is 39.5 Å². The smallest absolute Gasteiger partial charge is 0.306 e. The van der Waals surface area contributed by atoms with Crippen molar-refractivity contribution in [1.82, 2.24) is 0 Å². The van der Waals surface area contributed by atoms with Gasteiger partial charge in [-0.15, -0.1) is 0 Å². The largest absolute Gasteiger partial charge is 0.481 e. The predicted octanol–water partition coefficient (Wildman–Crippen LogP) is 0.944. The number of carboxylic acids is 1. The van der Waals surface area contributed by atoms with Gasteiger partial charge in [-0.3, -0.25) is 9.59 Å². The number of carbonyl (C=O) groups is 2. The summed E-state index contributed by atoms with van der Waals surface area (Å²) in [5.41, 5.74) is 0. The summed E-state index contributed by atoms with van der Waals surface area (Å²) in [4.78, 5) is 21.4. The van der Waals surface area contributed by atoms with Crippen LogP contribution in [-0.2, 0) is 14.3 Å². The van der Waals surface area contributed by atoms with Gasteiger partial charge in [-0.1, -0.05) is 0 Å². The number of rotatable bonds is 7.